The quantitative estimate of drug-likeness (QED) is 0.802. The summed E-state index contributed by atoms with van der Waals surface area (Å²) < 4.78 is 14.9. The van der Waals surface area contributed by atoms with Gasteiger partial charge in [-0.15, -0.1) is 5.10 Å². The standard InChI is InChI=1S/C10H11FN4/c1-7-2-3-9(11)10(4-7)15-8(5-12)6-13-14-15/h2-4,6H,5,12H2,1H3. The Morgan fingerprint density at radius 1 is 1.47 bits per heavy atom. The molecular formula is C10H11FN4. The third kappa shape index (κ3) is 1.73. The zero-order chi connectivity index (χ0) is 10.8. The fraction of sp³-hybridized carbons (Fsp3) is 0.200. The normalized spacial score (nSPS) is 10.6. The van der Waals surface area contributed by atoms with Gasteiger partial charge in [-0.05, 0) is 24.6 Å². The van der Waals surface area contributed by atoms with E-state index in [1.54, 1.807) is 12.1 Å². The molecule has 0 saturated heterocycles. The zero-order valence-electron chi connectivity index (χ0n) is 8.31. The van der Waals surface area contributed by atoms with E-state index in [0.717, 1.165) is 5.56 Å². The van der Waals surface area contributed by atoms with Crippen molar-refractivity contribution in [2.75, 3.05) is 0 Å². The number of aryl methyl sites for hydroxylation is 1. The van der Waals surface area contributed by atoms with Gasteiger partial charge >= 0.3 is 0 Å². The van der Waals surface area contributed by atoms with Crippen LogP contribution in [0.15, 0.2) is 24.4 Å². The van der Waals surface area contributed by atoms with Crippen molar-refractivity contribution >= 4 is 0 Å². The molecule has 5 heteroatoms. The van der Waals surface area contributed by atoms with Crippen LogP contribution in [-0.4, -0.2) is 15.0 Å². The highest BCUT2D eigenvalue weighted by Gasteiger charge is 2.09. The Morgan fingerprint density at radius 2 is 2.27 bits per heavy atom. The van der Waals surface area contributed by atoms with Crippen LogP contribution >= 0.6 is 0 Å². The number of nitrogens with two attached hydrogens (primary N) is 1. The third-order valence-electron chi connectivity index (χ3n) is 2.16. The number of hydrogen-bond donors (Lipinski definition) is 1. The minimum absolute atomic E-state index is 0.278. The van der Waals surface area contributed by atoms with Crippen molar-refractivity contribution in [1.82, 2.24) is 15.0 Å². The highest BCUT2D eigenvalue weighted by Crippen LogP contribution is 2.15. The predicted octanol–water partition coefficient (Wildman–Crippen LogP) is 1.17. The van der Waals surface area contributed by atoms with E-state index >= 15 is 0 Å². The molecule has 0 unspecified atom stereocenters. The number of nitrogens with zero attached hydrogens (tertiary/aromatic N) is 3. The van der Waals surface area contributed by atoms with Crippen LogP contribution in [0, 0.1) is 12.7 Å². The summed E-state index contributed by atoms with van der Waals surface area (Å²) in [5.41, 5.74) is 7.52. The van der Waals surface area contributed by atoms with Crippen LogP contribution in [-0.2, 0) is 6.54 Å². The Kier molecular flexibility index (Phi) is 2.47. The lowest BCUT2D eigenvalue weighted by atomic mass is 10.2. The summed E-state index contributed by atoms with van der Waals surface area (Å²) in [5, 5.41) is 7.51. The average Bonchev–Trinajstić information content (AvgIpc) is 2.69. The van der Waals surface area contributed by atoms with Gasteiger partial charge in [0.25, 0.3) is 0 Å². The molecule has 2 aromatic rings. The first-order chi connectivity index (χ1) is 7.22. The van der Waals surface area contributed by atoms with Crippen molar-refractivity contribution in [1.29, 1.82) is 0 Å². The molecule has 0 aliphatic heterocycles. The van der Waals surface area contributed by atoms with E-state index in [-0.39, 0.29) is 12.4 Å². The Morgan fingerprint density at radius 3 is 3.00 bits per heavy atom. The molecule has 78 valence electrons. The van der Waals surface area contributed by atoms with Gasteiger partial charge in [0, 0.05) is 6.54 Å². The second kappa shape index (κ2) is 3.78. The van der Waals surface area contributed by atoms with Gasteiger partial charge in [0.1, 0.15) is 11.5 Å². The van der Waals surface area contributed by atoms with Gasteiger partial charge in [0.05, 0.1) is 11.9 Å². The van der Waals surface area contributed by atoms with Crippen LogP contribution in [0.4, 0.5) is 4.39 Å². The molecule has 2 N–H and O–H groups in total. The van der Waals surface area contributed by atoms with E-state index in [1.807, 2.05) is 6.92 Å². The summed E-state index contributed by atoms with van der Waals surface area (Å²) >= 11 is 0. The van der Waals surface area contributed by atoms with E-state index in [9.17, 15) is 4.39 Å². The lowest BCUT2D eigenvalue weighted by Crippen LogP contribution is -2.08. The van der Waals surface area contributed by atoms with Crippen molar-refractivity contribution in [3.8, 4) is 5.69 Å². The maximum absolute atomic E-state index is 13.5. The van der Waals surface area contributed by atoms with Crippen LogP contribution in [0.1, 0.15) is 11.3 Å². The molecule has 0 bridgehead atoms. The van der Waals surface area contributed by atoms with Gasteiger partial charge in [-0.2, -0.15) is 0 Å². The van der Waals surface area contributed by atoms with Crippen LogP contribution in [0.5, 0.6) is 0 Å². The van der Waals surface area contributed by atoms with E-state index in [1.165, 1.54) is 16.9 Å². The van der Waals surface area contributed by atoms with Gasteiger partial charge < -0.3 is 5.73 Å². The number of benzene rings is 1. The van der Waals surface area contributed by atoms with Gasteiger partial charge in [0.15, 0.2) is 0 Å². The lowest BCUT2D eigenvalue weighted by molar-refractivity contribution is 0.602. The minimum atomic E-state index is -0.333. The van der Waals surface area contributed by atoms with Crippen molar-refractivity contribution < 1.29 is 4.39 Å². The largest absolute Gasteiger partial charge is 0.325 e. The van der Waals surface area contributed by atoms with Crippen LogP contribution in [0.3, 0.4) is 0 Å². The van der Waals surface area contributed by atoms with E-state index in [0.29, 0.717) is 11.4 Å². The summed E-state index contributed by atoms with van der Waals surface area (Å²) in [7, 11) is 0. The molecule has 0 amide bonds. The summed E-state index contributed by atoms with van der Waals surface area (Å²) in [6.45, 7) is 2.17. The third-order valence-corrected chi connectivity index (χ3v) is 2.16. The maximum Gasteiger partial charge on any atom is 0.148 e. The first-order valence-electron chi connectivity index (χ1n) is 4.58. The molecule has 0 fully saturated rings. The number of aromatic nitrogens is 3. The SMILES string of the molecule is Cc1ccc(F)c(-n2nncc2CN)c1. The fourth-order valence-electron chi connectivity index (χ4n) is 1.38. The van der Waals surface area contributed by atoms with Crippen LogP contribution < -0.4 is 5.73 Å². The first-order valence-corrected chi connectivity index (χ1v) is 4.58. The van der Waals surface area contributed by atoms with Crippen LogP contribution in [0.2, 0.25) is 0 Å². The monoisotopic (exact) mass is 206 g/mol. The van der Waals surface area contributed by atoms with Crippen molar-refractivity contribution in [2.24, 2.45) is 5.73 Å². The highest BCUT2D eigenvalue weighted by atomic mass is 19.1. The molecule has 0 atom stereocenters. The molecule has 1 aromatic heterocycles. The Balaban J connectivity index is 2.58. The molecule has 1 heterocycles. The molecule has 0 aliphatic rings. The van der Waals surface area contributed by atoms with Gasteiger partial charge in [-0.3, -0.25) is 0 Å². The maximum atomic E-state index is 13.5. The topological polar surface area (TPSA) is 56.7 Å². The fourth-order valence-corrected chi connectivity index (χ4v) is 1.38. The molecule has 1 aromatic carbocycles. The Hall–Kier alpha value is -1.75. The van der Waals surface area contributed by atoms with Gasteiger partial charge in [0.2, 0.25) is 0 Å². The summed E-state index contributed by atoms with van der Waals surface area (Å²) in [6.07, 6.45) is 1.53. The van der Waals surface area contributed by atoms with Crippen molar-refractivity contribution in [2.45, 2.75) is 13.5 Å². The molecule has 0 spiro atoms. The van der Waals surface area contributed by atoms with Gasteiger partial charge in [-0.1, -0.05) is 11.3 Å². The lowest BCUT2D eigenvalue weighted by Gasteiger charge is -2.06. The average molecular weight is 206 g/mol. The van der Waals surface area contributed by atoms with Crippen molar-refractivity contribution in [3.05, 3.63) is 41.5 Å². The highest BCUT2D eigenvalue weighted by molar-refractivity contribution is 5.37. The second-order valence-electron chi connectivity index (χ2n) is 3.30. The first kappa shape index (κ1) is 9.79. The molecule has 0 aliphatic carbocycles. The Bertz CT molecular complexity index is 478. The van der Waals surface area contributed by atoms with Gasteiger partial charge in [-0.25, -0.2) is 9.07 Å². The van der Waals surface area contributed by atoms with E-state index < -0.39 is 0 Å². The second-order valence-corrected chi connectivity index (χ2v) is 3.30. The molecule has 4 nitrogen and oxygen atoms in total. The summed E-state index contributed by atoms with van der Waals surface area (Å²) in [5.74, 6) is -0.333. The number of rotatable bonds is 2. The number of hydrogen-bond acceptors (Lipinski definition) is 3. The minimum Gasteiger partial charge on any atom is -0.325 e. The zero-order valence-corrected chi connectivity index (χ0v) is 8.31. The summed E-state index contributed by atoms with van der Waals surface area (Å²) in [4.78, 5) is 0. The predicted molar refractivity (Wildman–Crippen MR) is 53.9 cm³/mol. The Labute approximate surface area is 86.5 Å². The number of halogens is 1. The molecular weight excluding hydrogens is 195 g/mol. The van der Waals surface area contributed by atoms with E-state index in [2.05, 4.69) is 10.3 Å². The molecule has 0 radical (unpaired) electrons. The van der Waals surface area contributed by atoms with Crippen LogP contribution in [0.25, 0.3) is 5.69 Å². The smallest absolute Gasteiger partial charge is 0.148 e. The van der Waals surface area contributed by atoms with E-state index in [4.69, 9.17) is 5.73 Å². The van der Waals surface area contributed by atoms with Crippen molar-refractivity contribution in [3.63, 3.8) is 0 Å². The summed E-state index contributed by atoms with van der Waals surface area (Å²) in [6, 6.07) is 4.83. The molecule has 0 saturated carbocycles. The molecule has 2 rings (SSSR count). The molecule has 15 heavy (non-hydrogen) atoms.